The van der Waals surface area contributed by atoms with Crippen molar-refractivity contribution < 1.29 is 9.47 Å². The van der Waals surface area contributed by atoms with Gasteiger partial charge in [-0.2, -0.15) is 0 Å². The highest BCUT2D eigenvalue weighted by Gasteiger charge is 2.10. The summed E-state index contributed by atoms with van der Waals surface area (Å²) in [5, 5.41) is 8.64. The summed E-state index contributed by atoms with van der Waals surface area (Å²) in [4.78, 5) is 0. The summed E-state index contributed by atoms with van der Waals surface area (Å²) in [5.41, 5.74) is 6.90. The molecule has 2 N–H and O–H groups in total. The maximum absolute atomic E-state index is 6.01. The number of nitrogen functional groups attached to an aromatic ring is 1. The first-order valence-electron chi connectivity index (χ1n) is 6.81. The molecule has 114 valence electrons. The van der Waals surface area contributed by atoms with E-state index in [9.17, 15) is 0 Å². The van der Waals surface area contributed by atoms with Crippen molar-refractivity contribution in [2.45, 2.75) is 13.5 Å². The average Bonchev–Trinajstić information content (AvgIpc) is 2.90. The average molecular weight is 319 g/mol. The summed E-state index contributed by atoms with van der Waals surface area (Å²) in [6.07, 6.45) is 1.71. The molecular formula is C15H15ClN4O2. The minimum Gasteiger partial charge on any atom is -0.494 e. The van der Waals surface area contributed by atoms with Gasteiger partial charge in [0.25, 0.3) is 0 Å². The van der Waals surface area contributed by atoms with Gasteiger partial charge in [0, 0.05) is 6.20 Å². The molecule has 2 heterocycles. The van der Waals surface area contributed by atoms with Crippen molar-refractivity contribution in [2.75, 3.05) is 12.3 Å². The Labute approximate surface area is 132 Å². The van der Waals surface area contributed by atoms with Crippen LogP contribution in [0, 0.1) is 0 Å². The molecule has 0 radical (unpaired) electrons. The molecule has 1 aromatic carbocycles. The Morgan fingerprint density at radius 1 is 1.14 bits per heavy atom. The summed E-state index contributed by atoms with van der Waals surface area (Å²) in [7, 11) is 0. The van der Waals surface area contributed by atoms with E-state index in [0.717, 1.165) is 11.5 Å². The van der Waals surface area contributed by atoms with Gasteiger partial charge in [0.2, 0.25) is 0 Å². The van der Waals surface area contributed by atoms with Crippen molar-refractivity contribution in [3.05, 3.63) is 47.4 Å². The van der Waals surface area contributed by atoms with E-state index in [-0.39, 0.29) is 6.61 Å². The van der Waals surface area contributed by atoms with Crippen LogP contribution in [0.4, 0.5) is 5.69 Å². The number of pyridine rings is 1. The number of hydrogen-bond donors (Lipinski definition) is 1. The van der Waals surface area contributed by atoms with Crippen LogP contribution in [-0.2, 0) is 6.61 Å². The van der Waals surface area contributed by atoms with Crippen molar-refractivity contribution in [3.63, 3.8) is 0 Å². The summed E-state index contributed by atoms with van der Waals surface area (Å²) in [6.45, 7) is 2.83. The van der Waals surface area contributed by atoms with Gasteiger partial charge in [-0.1, -0.05) is 11.6 Å². The van der Waals surface area contributed by atoms with Gasteiger partial charge >= 0.3 is 0 Å². The van der Waals surface area contributed by atoms with Crippen LogP contribution in [0.15, 0.2) is 36.5 Å². The lowest BCUT2D eigenvalue weighted by Crippen LogP contribution is -2.02. The number of nitrogens with two attached hydrogens (primary N) is 1. The van der Waals surface area contributed by atoms with E-state index in [4.69, 9.17) is 26.8 Å². The molecule has 0 spiro atoms. The largest absolute Gasteiger partial charge is 0.494 e. The molecule has 0 bridgehead atoms. The summed E-state index contributed by atoms with van der Waals surface area (Å²) < 4.78 is 12.8. The van der Waals surface area contributed by atoms with E-state index in [2.05, 4.69) is 10.2 Å². The number of anilines is 1. The summed E-state index contributed by atoms with van der Waals surface area (Å²) in [5.74, 6) is 2.15. The maximum atomic E-state index is 6.01. The second kappa shape index (κ2) is 6.11. The third-order valence-electron chi connectivity index (χ3n) is 3.07. The van der Waals surface area contributed by atoms with E-state index in [1.165, 1.54) is 0 Å². The fourth-order valence-corrected chi connectivity index (χ4v) is 2.29. The number of halogens is 1. The minimum absolute atomic E-state index is 0.259. The lowest BCUT2D eigenvalue weighted by molar-refractivity contribution is 0.293. The molecule has 0 aliphatic heterocycles. The number of fused-ring (bicyclic) bond motifs is 1. The fraction of sp³-hybridized carbons (Fsp3) is 0.200. The molecule has 6 nitrogen and oxygen atoms in total. The van der Waals surface area contributed by atoms with Crippen molar-refractivity contribution in [2.24, 2.45) is 0 Å². The number of rotatable bonds is 5. The Balaban J connectivity index is 1.76. The van der Waals surface area contributed by atoms with Gasteiger partial charge in [-0.15, -0.1) is 10.2 Å². The first-order valence-corrected chi connectivity index (χ1v) is 7.19. The zero-order valence-corrected chi connectivity index (χ0v) is 12.7. The first kappa shape index (κ1) is 14.5. The van der Waals surface area contributed by atoms with Crippen LogP contribution in [0.25, 0.3) is 5.65 Å². The third kappa shape index (κ3) is 2.92. The molecule has 3 rings (SSSR count). The third-order valence-corrected chi connectivity index (χ3v) is 3.28. The van der Waals surface area contributed by atoms with Crippen LogP contribution >= 0.6 is 11.6 Å². The second-order valence-corrected chi connectivity index (χ2v) is 5.05. The lowest BCUT2D eigenvalue weighted by atomic mass is 10.3. The van der Waals surface area contributed by atoms with Crippen LogP contribution < -0.4 is 15.2 Å². The molecule has 0 saturated heterocycles. The van der Waals surface area contributed by atoms with Crippen LogP contribution in [0.2, 0.25) is 5.02 Å². The van der Waals surface area contributed by atoms with Crippen molar-refractivity contribution in [3.8, 4) is 11.5 Å². The first-order chi connectivity index (χ1) is 10.7. The number of hydrogen-bond acceptors (Lipinski definition) is 5. The molecule has 0 saturated carbocycles. The van der Waals surface area contributed by atoms with Crippen LogP contribution in [-0.4, -0.2) is 21.2 Å². The lowest BCUT2D eigenvalue weighted by Gasteiger charge is -2.07. The molecule has 3 aromatic rings. The highest BCUT2D eigenvalue weighted by atomic mass is 35.5. The van der Waals surface area contributed by atoms with E-state index in [1.54, 1.807) is 16.7 Å². The SMILES string of the molecule is CCOc1ccc(OCc2nnc3c(N)cc(Cl)cn23)cc1. The Bertz CT molecular complexity index is 786. The van der Waals surface area contributed by atoms with Crippen LogP contribution in [0.3, 0.4) is 0 Å². The van der Waals surface area contributed by atoms with Gasteiger partial charge in [-0.3, -0.25) is 4.40 Å². The molecule has 22 heavy (non-hydrogen) atoms. The monoisotopic (exact) mass is 318 g/mol. The smallest absolute Gasteiger partial charge is 0.184 e. The molecule has 0 atom stereocenters. The van der Waals surface area contributed by atoms with Gasteiger partial charge in [-0.05, 0) is 37.3 Å². The van der Waals surface area contributed by atoms with E-state index < -0.39 is 0 Å². The van der Waals surface area contributed by atoms with Gasteiger partial charge in [-0.25, -0.2) is 0 Å². The normalized spacial score (nSPS) is 10.8. The number of nitrogens with zero attached hydrogens (tertiary/aromatic N) is 3. The maximum Gasteiger partial charge on any atom is 0.184 e. The predicted octanol–water partition coefficient (Wildman–Crippen LogP) is 2.94. The Morgan fingerprint density at radius 3 is 2.50 bits per heavy atom. The van der Waals surface area contributed by atoms with Crippen LogP contribution in [0.5, 0.6) is 11.5 Å². The van der Waals surface area contributed by atoms with Crippen LogP contribution in [0.1, 0.15) is 12.7 Å². The quantitative estimate of drug-likeness (QED) is 0.783. The van der Waals surface area contributed by atoms with Gasteiger partial charge in [0.05, 0.1) is 17.3 Å². The molecule has 0 amide bonds. The van der Waals surface area contributed by atoms with Crippen molar-refractivity contribution in [1.29, 1.82) is 0 Å². The Kier molecular flexibility index (Phi) is 4.02. The summed E-state index contributed by atoms with van der Waals surface area (Å²) in [6, 6.07) is 9.04. The number of ether oxygens (including phenoxy) is 2. The van der Waals surface area contributed by atoms with Gasteiger partial charge in [0.1, 0.15) is 18.1 Å². The Hall–Kier alpha value is -2.47. The Morgan fingerprint density at radius 2 is 1.82 bits per heavy atom. The van der Waals surface area contributed by atoms with Gasteiger partial charge in [0.15, 0.2) is 11.5 Å². The zero-order chi connectivity index (χ0) is 15.5. The van der Waals surface area contributed by atoms with Crippen molar-refractivity contribution in [1.82, 2.24) is 14.6 Å². The highest BCUT2D eigenvalue weighted by molar-refractivity contribution is 6.30. The van der Waals surface area contributed by atoms with Crippen molar-refractivity contribution >= 4 is 22.9 Å². The summed E-state index contributed by atoms with van der Waals surface area (Å²) >= 11 is 6.01. The predicted molar refractivity (Wildman–Crippen MR) is 84.4 cm³/mol. The molecule has 0 aliphatic carbocycles. The number of aromatic nitrogens is 3. The fourth-order valence-electron chi connectivity index (χ4n) is 2.07. The minimum atomic E-state index is 0.259. The molecule has 0 aliphatic rings. The molecule has 2 aromatic heterocycles. The zero-order valence-electron chi connectivity index (χ0n) is 12.0. The molecular weight excluding hydrogens is 304 g/mol. The second-order valence-electron chi connectivity index (χ2n) is 4.62. The molecule has 0 fully saturated rings. The van der Waals surface area contributed by atoms with E-state index in [0.29, 0.717) is 28.8 Å². The molecule has 0 unspecified atom stereocenters. The number of benzene rings is 1. The standard InChI is InChI=1S/C15H15ClN4O2/c1-2-21-11-3-5-12(6-4-11)22-9-14-18-19-15-13(17)7-10(16)8-20(14)15/h3-8H,2,9,17H2,1H3. The van der Waals surface area contributed by atoms with Gasteiger partial charge < -0.3 is 15.2 Å². The topological polar surface area (TPSA) is 74.7 Å². The highest BCUT2D eigenvalue weighted by Crippen LogP contribution is 2.21. The molecule has 7 heteroatoms. The van der Waals surface area contributed by atoms with E-state index in [1.807, 2.05) is 31.2 Å². The van der Waals surface area contributed by atoms with E-state index >= 15 is 0 Å².